The lowest BCUT2D eigenvalue weighted by molar-refractivity contribution is -0.117. The Bertz CT molecular complexity index is 1000. The van der Waals surface area contributed by atoms with Gasteiger partial charge in [0.15, 0.2) is 0 Å². The summed E-state index contributed by atoms with van der Waals surface area (Å²) >= 11 is 6.08. The molecule has 1 fully saturated rings. The van der Waals surface area contributed by atoms with Gasteiger partial charge in [0.25, 0.3) is 0 Å². The van der Waals surface area contributed by atoms with Gasteiger partial charge in [0.2, 0.25) is 17.7 Å². The standard InChI is InChI=1S/C21H21ClFN5O2/c22-17-3-1-2-4-18(17)24-19(29)13-27-9-11-28(12-10-27)14-20-25-26-21(30-20)15-5-7-16(23)8-6-15/h1-8H,9-14H2,(H,24,29). The van der Waals surface area contributed by atoms with Crippen LogP contribution in [0.2, 0.25) is 5.02 Å². The van der Waals surface area contributed by atoms with Crippen LogP contribution in [0.25, 0.3) is 11.5 Å². The molecule has 2 heterocycles. The summed E-state index contributed by atoms with van der Waals surface area (Å²) in [5.41, 5.74) is 1.31. The maximum absolute atomic E-state index is 13.0. The topological polar surface area (TPSA) is 74.5 Å². The molecule has 1 amide bonds. The van der Waals surface area contributed by atoms with Crippen molar-refractivity contribution >= 4 is 23.2 Å². The Morgan fingerprint density at radius 3 is 2.47 bits per heavy atom. The van der Waals surface area contributed by atoms with E-state index in [4.69, 9.17) is 16.0 Å². The highest BCUT2D eigenvalue weighted by atomic mass is 35.5. The van der Waals surface area contributed by atoms with Gasteiger partial charge in [-0.25, -0.2) is 4.39 Å². The van der Waals surface area contributed by atoms with Crippen molar-refractivity contribution in [2.75, 3.05) is 38.0 Å². The summed E-state index contributed by atoms with van der Waals surface area (Å²) in [5, 5.41) is 11.5. The fourth-order valence-electron chi connectivity index (χ4n) is 3.28. The number of benzene rings is 2. The molecule has 1 aliphatic rings. The fourth-order valence-corrected chi connectivity index (χ4v) is 3.46. The molecule has 0 saturated carbocycles. The van der Waals surface area contributed by atoms with Gasteiger partial charge in [-0.05, 0) is 36.4 Å². The second kappa shape index (κ2) is 9.34. The highest BCUT2D eigenvalue weighted by Gasteiger charge is 2.21. The number of hydrogen-bond acceptors (Lipinski definition) is 6. The highest BCUT2D eigenvalue weighted by molar-refractivity contribution is 6.33. The first-order valence-corrected chi connectivity index (χ1v) is 10.0. The van der Waals surface area contributed by atoms with Crippen LogP contribution in [-0.4, -0.2) is 58.6 Å². The van der Waals surface area contributed by atoms with Crippen LogP contribution >= 0.6 is 11.6 Å². The van der Waals surface area contributed by atoms with E-state index in [0.717, 1.165) is 26.2 Å². The van der Waals surface area contributed by atoms with Crippen molar-refractivity contribution in [1.82, 2.24) is 20.0 Å². The number of para-hydroxylation sites is 1. The summed E-state index contributed by atoms with van der Waals surface area (Å²) in [6.07, 6.45) is 0. The quantitative estimate of drug-likeness (QED) is 0.648. The number of carbonyl (C=O) groups excluding carboxylic acids is 1. The Balaban J connectivity index is 1.24. The number of rotatable bonds is 6. The first-order chi connectivity index (χ1) is 14.6. The van der Waals surface area contributed by atoms with Crippen LogP contribution in [0.4, 0.5) is 10.1 Å². The molecule has 1 N–H and O–H groups in total. The summed E-state index contributed by atoms with van der Waals surface area (Å²) in [4.78, 5) is 16.6. The number of nitrogens with one attached hydrogen (secondary N) is 1. The number of carbonyl (C=O) groups is 1. The molecule has 0 spiro atoms. The van der Waals surface area contributed by atoms with Crippen molar-refractivity contribution in [3.8, 4) is 11.5 Å². The van der Waals surface area contributed by atoms with E-state index in [1.165, 1.54) is 12.1 Å². The summed E-state index contributed by atoms with van der Waals surface area (Å²) in [7, 11) is 0. The summed E-state index contributed by atoms with van der Waals surface area (Å²) in [6, 6.07) is 13.1. The zero-order valence-electron chi connectivity index (χ0n) is 16.2. The zero-order valence-corrected chi connectivity index (χ0v) is 17.0. The second-order valence-corrected chi connectivity index (χ2v) is 7.50. The van der Waals surface area contributed by atoms with E-state index in [0.29, 0.717) is 41.1 Å². The van der Waals surface area contributed by atoms with E-state index in [2.05, 4.69) is 25.3 Å². The third-order valence-electron chi connectivity index (χ3n) is 4.90. The second-order valence-electron chi connectivity index (χ2n) is 7.09. The predicted molar refractivity (Wildman–Crippen MR) is 111 cm³/mol. The van der Waals surface area contributed by atoms with E-state index in [1.54, 1.807) is 24.3 Å². The Labute approximate surface area is 178 Å². The summed E-state index contributed by atoms with van der Waals surface area (Å²) in [6.45, 7) is 3.94. The molecule has 0 unspecified atom stereocenters. The van der Waals surface area contributed by atoms with E-state index in [-0.39, 0.29) is 11.7 Å². The number of amides is 1. The molecule has 3 aromatic rings. The lowest BCUT2D eigenvalue weighted by Crippen LogP contribution is -2.48. The molecule has 1 aliphatic heterocycles. The number of anilines is 1. The molecule has 7 nitrogen and oxygen atoms in total. The largest absolute Gasteiger partial charge is 0.419 e. The Kier molecular flexibility index (Phi) is 6.37. The van der Waals surface area contributed by atoms with E-state index < -0.39 is 0 Å². The van der Waals surface area contributed by atoms with Gasteiger partial charge >= 0.3 is 0 Å². The van der Waals surface area contributed by atoms with E-state index in [1.807, 2.05) is 12.1 Å². The number of halogens is 2. The van der Waals surface area contributed by atoms with Gasteiger partial charge in [0.1, 0.15) is 5.82 Å². The van der Waals surface area contributed by atoms with Crippen LogP contribution in [0.5, 0.6) is 0 Å². The van der Waals surface area contributed by atoms with Gasteiger partial charge in [-0.2, -0.15) is 0 Å². The molecule has 0 bridgehead atoms. The molecule has 156 valence electrons. The van der Waals surface area contributed by atoms with Gasteiger partial charge < -0.3 is 9.73 Å². The van der Waals surface area contributed by atoms with Crippen molar-refractivity contribution < 1.29 is 13.6 Å². The van der Waals surface area contributed by atoms with Crippen molar-refractivity contribution in [1.29, 1.82) is 0 Å². The molecule has 0 atom stereocenters. The SMILES string of the molecule is O=C(CN1CCN(Cc2nnc(-c3ccc(F)cc3)o2)CC1)Nc1ccccc1Cl. The molecule has 0 radical (unpaired) electrons. The van der Waals surface area contributed by atoms with Gasteiger partial charge in [0, 0.05) is 31.7 Å². The van der Waals surface area contributed by atoms with E-state index in [9.17, 15) is 9.18 Å². The summed E-state index contributed by atoms with van der Waals surface area (Å²) < 4.78 is 18.8. The Hall–Kier alpha value is -2.81. The Morgan fingerprint density at radius 2 is 1.73 bits per heavy atom. The predicted octanol–water partition coefficient (Wildman–Crippen LogP) is 3.29. The van der Waals surface area contributed by atoms with Gasteiger partial charge in [0.05, 0.1) is 23.8 Å². The van der Waals surface area contributed by atoms with Crippen molar-refractivity contribution in [3.63, 3.8) is 0 Å². The minimum Gasteiger partial charge on any atom is -0.419 e. The molecule has 4 rings (SSSR count). The number of nitrogens with zero attached hydrogens (tertiary/aromatic N) is 4. The molecule has 0 aliphatic carbocycles. The number of aromatic nitrogens is 2. The smallest absolute Gasteiger partial charge is 0.247 e. The van der Waals surface area contributed by atoms with Crippen molar-refractivity contribution in [2.45, 2.75) is 6.54 Å². The first-order valence-electron chi connectivity index (χ1n) is 9.64. The van der Waals surface area contributed by atoms with Crippen LogP contribution in [0.15, 0.2) is 52.9 Å². The van der Waals surface area contributed by atoms with Crippen LogP contribution < -0.4 is 5.32 Å². The third-order valence-corrected chi connectivity index (χ3v) is 5.23. The number of hydrogen-bond donors (Lipinski definition) is 1. The lowest BCUT2D eigenvalue weighted by atomic mass is 10.2. The normalized spacial score (nSPS) is 15.3. The average Bonchev–Trinajstić information content (AvgIpc) is 3.20. The molecule has 30 heavy (non-hydrogen) atoms. The minimum absolute atomic E-state index is 0.0857. The molecule has 1 aromatic heterocycles. The lowest BCUT2D eigenvalue weighted by Gasteiger charge is -2.33. The zero-order chi connectivity index (χ0) is 20.9. The molecule has 9 heteroatoms. The van der Waals surface area contributed by atoms with Crippen molar-refractivity contribution in [2.24, 2.45) is 0 Å². The first kappa shape index (κ1) is 20.5. The van der Waals surface area contributed by atoms with Crippen LogP contribution in [0.3, 0.4) is 0 Å². The van der Waals surface area contributed by atoms with Crippen LogP contribution in [-0.2, 0) is 11.3 Å². The monoisotopic (exact) mass is 429 g/mol. The van der Waals surface area contributed by atoms with Gasteiger partial charge in [-0.1, -0.05) is 23.7 Å². The average molecular weight is 430 g/mol. The number of piperazine rings is 1. The molecule has 2 aromatic carbocycles. The van der Waals surface area contributed by atoms with E-state index >= 15 is 0 Å². The van der Waals surface area contributed by atoms with Crippen molar-refractivity contribution in [3.05, 3.63) is 65.3 Å². The molecule has 1 saturated heterocycles. The van der Waals surface area contributed by atoms with Crippen LogP contribution in [0, 0.1) is 5.82 Å². The maximum Gasteiger partial charge on any atom is 0.247 e. The molecular formula is C21H21ClFN5O2. The highest BCUT2D eigenvalue weighted by Crippen LogP contribution is 2.21. The summed E-state index contributed by atoms with van der Waals surface area (Å²) in [5.74, 6) is 0.494. The fraction of sp³-hybridized carbons (Fsp3) is 0.286. The molecular weight excluding hydrogens is 409 g/mol. The minimum atomic E-state index is -0.308. The third kappa shape index (κ3) is 5.21. The Morgan fingerprint density at radius 1 is 1.03 bits per heavy atom. The maximum atomic E-state index is 13.0. The van der Waals surface area contributed by atoms with Gasteiger partial charge in [-0.3, -0.25) is 14.6 Å². The van der Waals surface area contributed by atoms with Gasteiger partial charge in [-0.15, -0.1) is 10.2 Å². The van der Waals surface area contributed by atoms with Crippen LogP contribution in [0.1, 0.15) is 5.89 Å².